The molecule has 0 spiro atoms. The molecule has 1 aromatic carbocycles. The number of rotatable bonds is 9. The standard InChI is InChI=1S/C13H20N2O3S2/c1-2-18-8-4-7-15-20(16,17)10-11-5-3-6-12(9-11)13(14)19/h3,5-6,9,15H,2,4,7-8,10H2,1H3,(H2,14,19). The summed E-state index contributed by atoms with van der Waals surface area (Å²) in [5.74, 6) is -0.0852. The van der Waals surface area contributed by atoms with Gasteiger partial charge >= 0.3 is 0 Å². The van der Waals surface area contributed by atoms with Crippen LogP contribution in [0.5, 0.6) is 0 Å². The van der Waals surface area contributed by atoms with E-state index in [1.165, 1.54) is 0 Å². The van der Waals surface area contributed by atoms with E-state index in [1.807, 2.05) is 6.92 Å². The lowest BCUT2D eigenvalue weighted by atomic mass is 10.1. The molecule has 3 N–H and O–H groups in total. The highest BCUT2D eigenvalue weighted by atomic mass is 32.2. The molecule has 20 heavy (non-hydrogen) atoms. The monoisotopic (exact) mass is 316 g/mol. The Kier molecular flexibility index (Phi) is 7.08. The molecule has 0 atom stereocenters. The lowest BCUT2D eigenvalue weighted by Crippen LogP contribution is -2.27. The molecule has 0 fully saturated rings. The molecule has 1 rings (SSSR count). The molecule has 0 saturated carbocycles. The van der Waals surface area contributed by atoms with E-state index in [4.69, 9.17) is 22.7 Å². The summed E-state index contributed by atoms with van der Waals surface area (Å²) in [5, 5.41) is 0. The van der Waals surface area contributed by atoms with Gasteiger partial charge in [-0.3, -0.25) is 0 Å². The highest BCUT2D eigenvalue weighted by molar-refractivity contribution is 7.88. The van der Waals surface area contributed by atoms with Crippen molar-refractivity contribution in [2.75, 3.05) is 19.8 Å². The van der Waals surface area contributed by atoms with Crippen molar-refractivity contribution in [3.05, 3.63) is 35.4 Å². The largest absolute Gasteiger partial charge is 0.389 e. The van der Waals surface area contributed by atoms with Crippen molar-refractivity contribution >= 4 is 27.2 Å². The molecule has 0 heterocycles. The molecule has 7 heteroatoms. The number of hydrogen-bond acceptors (Lipinski definition) is 4. The highest BCUT2D eigenvalue weighted by Crippen LogP contribution is 2.08. The van der Waals surface area contributed by atoms with Crippen LogP contribution >= 0.6 is 12.2 Å². The number of thiocarbonyl (C=S) groups is 1. The average Bonchev–Trinajstić information content (AvgIpc) is 2.38. The minimum Gasteiger partial charge on any atom is -0.389 e. The molecule has 112 valence electrons. The van der Waals surface area contributed by atoms with E-state index in [0.29, 0.717) is 37.3 Å². The molecule has 0 aromatic heterocycles. The third-order valence-electron chi connectivity index (χ3n) is 2.56. The summed E-state index contributed by atoms with van der Waals surface area (Å²) in [5.41, 5.74) is 6.86. The van der Waals surface area contributed by atoms with Crippen LogP contribution in [0.3, 0.4) is 0 Å². The fourth-order valence-electron chi connectivity index (χ4n) is 1.63. The summed E-state index contributed by atoms with van der Waals surface area (Å²) >= 11 is 4.87. The zero-order valence-electron chi connectivity index (χ0n) is 11.5. The summed E-state index contributed by atoms with van der Waals surface area (Å²) in [6.45, 7) is 3.46. The molecule has 1 aromatic rings. The van der Waals surface area contributed by atoms with Gasteiger partial charge in [0, 0.05) is 25.3 Å². The SMILES string of the molecule is CCOCCCNS(=O)(=O)Cc1cccc(C(N)=S)c1. The van der Waals surface area contributed by atoms with Crippen LogP contribution in [0.4, 0.5) is 0 Å². The van der Waals surface area contributed by atoms with Gasteiger partial charge in [0.15, 0.2) is 0 Å². The van der Waals surface area contributed by atoms with E-state index in [9.17, 15) is 8.42 Å². The van der Waals surface area contributed by atoms with Crippen LogP contribution in [-0.2, 0) is 20.5 Å². The lowest BCUT2D eigenvalue weighted by Gasteiger charge is -2.08. The zero-order valence-corrected chi connectivity index (χ0v) is 13.1. The van der Waals surface area contributed by atoms with Crippen LogP contribution in [0, 0.1) is 0 Å². The van der Waals surface area contributed by atoms with Crippen LogP contribution in [-0.4, -0.2) is 33.2 Å². The smallest absolute Gasteiger partial charge is 0.215 e. The molecule has 0 bridgehead atoms. The third kappa shape index (κ3) is 6.42. The first kappa shape index (κ1) is 17.0. The first-order valence-electron chi connectivity index (χ1n) is 6.38. The minimum absolute atomic E-state index is 0.0852. The van der Waals surface area contributed by atoms with Gasteiger partial charge < -0.3 is 10.5 Å². The second kappa shape index (κ2) is 8.31. The van der Waals surface area contributed by atoms with E-state index >= 15 is 0 Å². The zero-order chi connectivity index (χ0) is 15.0. The Morgan fingerprint density at radius 2 is 2.20 bits per heavy atom. The summed E-state index contributed by atoms with van der Waals surface area (Å²) in [6, 6.07) is 6.94. The quantitative estimate of drug-likeness (QED) is 0.528. The Labute approximate surface area is 125 Å². The van der Waals surface area contributed by atoms with Gasteiger partial charge in [-0.25, -0.2) is 13.1 Å². The molecule has 0 amide bonds. The van der Waals surface area contributed by atoms with Gasteiger partial charge in [-0.15, -0.1) is 0 Å². The Hall–Kier alpha value is -1.02. The van der Waals surface area contributed by atoms with Gasteiger partial charge in [-0.05, 0) is 25.0 Å². The maximum absolute atomic E-state index is 11.9. The first-order chi connectivity index (χ1) is 9.44. The molecule has 0 aliphatic heterocycles. The van der Waals surface area contributed by atoms with Gasteiger partial charge in [-0.2, -0.15) is 0 Å². The summed E-state index contributed by atoms with van der Waals surface area (Å²) in [7, 11) is -3.35. The molecule has 0 aliphatic rings. The molecular formula is C13H20N2O3S2. The second-order valence-corrected chi connectivity index (χ2v) is 6.52. The molecule has 0 unspecified atom stereocenters. The number of ether oxygens (including phenoxy) is 1. The van der Waals surface area contributed by atoms with Gasteiger partial charge in [-0.1, -0.05) is 30.4 Å². The van der Waals surface area contributed by atoms with Crippen molar-refractivity contribution in [3.63, 3.8) is 0 Å². The summed E-state index contributed by atoms with van der Waals surface area (Å²) in [4.78, 5) is 0.258. The van der Waals surface area contributed by atoms with Crippen molar-refractivity contribution in [1.29, 1.82) is 0 Å². The molecule has 5 nitrogen and oxygen atoms in total. The maximum atomic E-state index is 11.9. The van der Waals surface area contributed by atoms with Crippen molar-refractivity contribution in [2.45, 2.75) is 19.1 Å². The Morgan fingerprint density at radius 3 is 2.85 bits per heavy atom. The molecule has 0 aliphatic carbocycles. The van der Waals surface area contributed by atoms with Crippen molar-refractivity contribution < 1.29 is 13.2 Å². The van der Waals surface area contributed by atoms with Crippen LogP contribution < -0.4 is 10.5 Å². The van der Waals surface area contributed by atoms with E-state index in [-0.39, 0.29) is 10.7 Å². The predicted octanol–water partition coefficient (Wildman–Crippen LogP) is 1.17. The third-order valence-corrected chi connectivity index (χ3v) is 4.15. The Bertz CT molecular complexity index is 544. The number of nitrogens with one attached hydrogen (secondary N) is 1. The Balaban J connectivity index is 2.53. The van der Waals surface area contributed by atoms with Crippen LogP contribution in [0.1, 0.15) is 24.5 Å². The average molecular weight is 316 g/mol. The summed E-state index contributed by atoms with van der Waals surface area (Å²) < 4.78 is 31.5. The van der Waals surface area contributed by atoms with E-state index < -0.39 is 10.0 Å². The number of hydrogen-bond donors (Lipinski definition) is 2. The molecule has 0 radical (unpaired) electrons. The van der Waals surface area contributed by atoms with Crippen LogP contribution in [0.25, 0.3) is 0 Å². The fourth-order valence-corrected chi connectivity index (χ4v) is 2.93. The number of benzene rings is 1. The highest BCUT2D eigenvalue weighted by Gasteiger charge is 2.11. The summed E-state index contributed by atoms with van der Waals surface area (Å²) in [6.07, 6.45) is 0.653. The second-order valence-electron chi connectivity index (χ2n) is 4.27. The lowest BCUT2D eigenvalue weighted by molar-refractivity contribution is 0.146. The van der Waals surface area contributed by atoms with E-state index in [0.717, 1.165) is 0 Å². The van der Waals surface area contributed by atoms with Gasteiger partial charge in [0.25, 0.3) is 0 Å². The van der Waals surface area contributed by atoms with Crippen molar-refractivity contribution in [2.24, 2.45) is 5.73 Å². The van der Waals surface area contributed by atoms with Crippen molar-refractivity contribution in [3.8, 4) is 0 Å². The van der Waals surface area contributed by atoms with Gasteiger partial charge in [0.1, 0.15) is 4.99 Å². The van der Waals surface area contributed by atoms with Gasteiger partial charge in [0.05, 0.1) is 5.75 Å². The molecular weight excluding hydrogens is 296 g/mol. The topological polar surface area (TPSA) is 81.4 Å². The van der Waals surface area contributed by atoms with Crippen LogP contribution in [0.15, 0.2) is 24.3 Å². The number of sulfonamides is 1. The minimum atomic E-state index is -3.35. The predicted molar refractivity (Wildman–Crippen MR) is 84.1 cm³/mol. The van der Waals surface area contributed by atoms with Crippen molar-refractivity contribution in [1.82, 2.24) is 4.72 Å². The first-order valence-corrected chi connectivity index (χ1v) is 8.44. The normalized spacial score (nSPS) is 11.4. The van der Waals surface area contributed by atoms with E-state index in [2.05, 4.69) is 4.72 Å². The Morgan fingerprint density at radius 1 is 1.45 bits per heavy atom. The number of nitrogens with two attached hydrogens (primary N) is 1. The van der Waals surface area contributed by atoms with Crippen LogP contribution in [0.2, 0.25) is 0 Å². The molecule has 0 saturated heterocycles. The van der Waals surface area contributed by atoms with E-state index in [1.54, 1.807) is 24.3 Å². The maximum Gasteiger partial charge on any atom is 0.215 e. The fraction of sp³-hybridized carbons (Fsp3) is 0.462. The van der Waals surface area contributed by atoms with Gasteiger partial charge in [0.2, 0.25) is 10.0 Å².